The van der Waals surface area contributed by atoms with E-state index in [4.69, 9.17) is 21.1 Å². The van der Waals surface area contributed by atoms with Crippen molar-refractivity contribution < 1.29 is 9.47 Å². The van der Waals surface area contributed by atoms with Crippen LogP contribution in [0.2, 0.25) is 5.02 Å². The summed E-state index contributed by atoms with van der Waals surface area (Å²) in [6.07, 6.45) is 2.90. The first-order valence-electron chi connectivity index (χ1n) is 6.55. The predicted octanol–water partition coefficient (Wildman–Crippen LogP) is 4.01. The third kappa shape index (κ3) is 2.81. The Balaban J connectivity index is 2.11. The molecule has 1 fully saturated rings. The lowest BCUT2D eigenvalue weighted by atomic mass is 9.94. The van der Waals surface area contributed by atoms with E-state index in [2.05, 4.69) is 13.8 Å². The van der Waals surface area contributed by atoms with Gasteiger partial charge in [-0.1, -0.05) is 25.4 Å². The summed E-state index contributed by atoms with van der Waals surface area (Å²) in [5.41, 5.74) is 2.23. The Bertz CT molecular complexity index is 431. The molecule has 1 aromatic rings. The van der Waals surface area contributed by atoms with Crippen LogP contribution in [-0.4, -0.2) is 19.3 Å². The number of methoxy groups -OCH3 is 1. The van der Waals surface area contributed by atoms with E-state index in [9.17, 15) is 0 Å². The Labute approximate surface area is 114 Å². The number of rotatable bonds is 5. The van der Waals surface area contributed by atoms with Crippen LogP contribution in [-0.2, 0) is 11.2 Å². The molecular weight excluding hydrogens is 248 g/mol. The van der Waals surface area contributed by atoms with Crippen molar-refractivity contribution in [3.63, 3.8) is 0 Å². The molecule has 0 radical (unpaired) electrons. The molecule has 1 saturated heterocycles. The van der Waals surface area contributed by atoms with E-state index in [1.807, 2.05) is 19.1 Å². The van der Waals surface area contributed by atoms with E-state index < -0.39 is 0 Å². The van der Waals surface area contributed by atoms with Crippen molar-refractivity contribution >= 4 is 11.6 Å². The maximum absolute atomic E-state index is 6.19. The van der Waals surface area contributed by atoms with Gasteiger partial charge in [-0.3, -0.25) is 0 Å². The van der Waals surface area contributed by atoms with Gasteiger partial charge in [-0.15, -0.1) is 0 Å². The minimum atomic E-state index is 0.403. The smallest absolute Gasteiger partial charge is 0.122 e. The molecule has 1 aromatic carbocycles. The van der Waals surface area contributed by atoms with Crippen molar-refractivity contribution in [3.05, 3.63) is 28.3 Å². The topological polar surface area (TPSA) is 21.8 Å². The maximum Gasteiger partial charge on any atom is 0.122 e. The van der Waals surface area contributed by atoms with Crippen LogP contribution < -0.4 is 4.74 Å². The van der Waals surface area contributed by atoms with Gasteiger partial charge < -0.3 is 9.47 Å². The van der Waals surface area contributed by atoms with Crippen molar-refractivity contribution in [1.29, 1.82) is 0 Å². The predicted molar refractivity (Wildman–Crippen MR) is 74.6 cm³/mol. The summed E-state index contributed by atoms with van der Waals surface area (Å²) >= 11 is 6.19. The number of ether oxygens (including phenoxy) is 2. The molecule has 0 N–H and O–H groups in total. The third-order valence-corrected chi connectivity index (χ3v) is 4.10. The van der Waals surface area contributed by atoms with Crippen molar-refractivity contribution in [2.45, 2.75) is 45.8 Å². The Morgan fingerprint density at radius 3 is 2.72 bits per heavy atom. The average Bonchev–Trinajstić information content (AvgIpc) is 3.12. The molecule has 0 aromatic heterocycles. The molecule has 0 amide bonds. The van der Waals surface area contributed by atoms with E-state index in [1.165, 1.54) is 5.56 Å². The van der Waals surface area contributed by atoms with E-state index in [1.54, 1.807) is 7.11 Å². The molecular formula is C15H21ClO2. The molecule has 3 atom stereocenters. The van der Waals surface area contributed by atoms with Crippen molar-refractivity contribution in [2.75, 3.05) is 7.11 Å². The van der Waals surface area contributed by atoms with Crippen molar-refractivity contribution in [2.24, 2.45) is 5.92 Å². The summed E-state index contributed by atoms with van der Waals surface area (Å²) in [7, 11) is 1.71. The lowest BCUT2D eigenvalue weighted by Gasteiger charge is -2.14. The normalized spacial score (nSPS) is 23.8. The number of benzene rings is 1. The van der Waals surface area contributed by atoms with E-state index in [0.29, 0.717) is 18.1 Å². The molecule has 1 heterocycles. The summed E-state index contributed by atoms with van der Waals surface area (Å²) in [6, 6.07) is 4.03. The molecule has 2 rings (SSSR count). The van der Waals surface area contributed by atoms with Gasteiger partial charge in [-0.05, 0) is 48.9 Å². The van der Waals surface area contributed by atoms with Crippen LogP contribution in [0.4, 0.5) is 0 Å². The Morgan fingerprint density at radius 2 is 2.17 bits per heavy atom. The quantitative estimate of drug-likeness (QED) is 0.753. The molecule has 2 nitrogen and oxygen atoms in total. The fourth-order valence-electron chi connectivity index (χ4n) is 2.49. The Morgan fingerprint density at radius 1 is 1.44 bits per heavy atom. The molecule has 0 saturated carbocycles. The highest BCUT2D eigenvalue weighted by atomic mass is 35.5. The number of aryl methyl sites for hydroxylation is 1. The zero-order valence-corrected chi connectivity index (χ0v) is 12.3. The van der Waals surface area contributed by atoms with Crippen LogP contribution in [0.3, 0.4) is 0 Å². The summed E-state index contributed by atoms with van der Waals surface area (Å²) in [6.45, 7) is 6.39. The minimum Gasteiger partial charge on any atom is -0.496 e. The number of halogens is 1. The van der Waals surface area contributed by atoms with Crippen LogP contribution in [0.1, 0.15) is 31.4 Å². The summed E-state index contributed by atoms with van der Waals surface area (Å²) in [4.78, 5) is 0. The van der Waals surface area contributed by atoms with Crippen LogP contribution in [0.5, 0.6) is 5.75 Å². The molecule has 3 heteroatoms. The third-order valence-electron chi connectivity index (χ3n) is 3.69. The molecule has 0 bridgehead atoms. The first-order chi connectivity index (χ1) is 8.56. The number of epoxide rings is 1. The monoisotopic (exact) mass is 268 g/mol. The van der Waals surface area contributed by atoms with Gasteiger partial charge in [0.2, 0.25) is 0 Å². The van der Waals surface area contributed by atoms with Gasteiger partial charge in [0.05, 0.1) is 19.3 Å². The zero-order chi connectivity index (χ0) is 13.3. The van der Waals surface area contributed by atoms with E-state index in [0.717, 1.165) is 29.2 Å². The van der Waals surface area contributed by atoms with Gasteiger partial charge in [-0.25, -0.2) is 0 Å². The van der Waals surface area contributed by atoms with Gasteiger partial charge >= 0.3 is 0 Å². The summed E-state index contributed by atoms with van der Waals surface area (Å²) in [5, 5.41) is 0.807. The SMILES string of the molecule is CCC1OC1C(C)Cc1cc(Cl)c(C)cc1OC. The first-order valence-corrected chi connectivity index (χ1v) is 6.93. The van der Waals surface area contributed by atoms with Crippen LogP contribution in [0.25, 0.3) is 0 Å². The highest BCUT2D eigenvalue weighted by Gasteiger charge is 2.41. The number of hydrogen-bond donors (Lipinski definition) is 0. The van der Waals surface area contributed by atoms with Gasteiger partial charge in [0.15, 0.2) is 0 Å². The molecule has 1 aliphatic heterocycles. The van der Waals surface area contributed by atoms with E-state index in [-0.39, 0.29) is 0 Å². The van der Waals surface area contributed by atoms with Gasteiger partial charge in [0.1, 0.15) is 5.75 Å². The molecule has 1 aliphatic rings. The number of hydrogen-bond acceptors (Lipinski definition) is 2. The standard InChI is InChI=1S/C15H21ClO2/c1-5-13-15(18-13)10(3)6-11-8-12(16)9(2)7-14(11)17-4/h7-8,10,13,15H,5-6H2,1-4H3. The Kier molecular flexibility index (Phi) is 4.18. The van der Waals surface area contributed by atoms with Crippen LogP contribution in [0, 0.1) is 12.8 Å². The fraction of sp³-hybridized carbons (Fsp3) is 0.600. The van der Waals surface area contributed by atoms with Crippen molar-refractivity contribution in [3.8, 4) is 5.75 Å². The molecule has 100 valence electrons. The zero-order valence-electron chi connectivity index (χ0n) is 11.5. The molecule has 18 heavy (non-hydrogen) atoms. The highest BCUT2D eigenvalue weighted by Crippen LogP contribution is 2.36. The minimum absolute atomic E-state index is 0.403. The van der Waals surface area contributed by atoms with Gasteiger partial charge in [0, 0.05) is 5.02 Å². The lowest BCUT2D eigenvalue weighted by Crippen LogP contribution is -2.10. The van der Waals surface area contributed by atoms with Gasteiger partial charge in [0.25, 0.3) is 0 Å². The second-order valence-corrected chi connectivity index (χ2v) is 5.55. The lowest BCUT2D eigenvalue weighted by molar-refractivity contribution is 0.320. The first kappa shape index (κ1) is 13.7. The van der Waals surface area contributed by atoms with Crippen LogP contribution in [0.15, 0.2) is 12.1 Å². The average molecular weight is 269 g/mol. The maximum atomic E-state index is 6.19. The second-order valence-electron chi connectivity index (χ2n) is 5.14. The summed E-state index contributed by atoms with van der Waals surface area (Å²) < 4.78 is 11.1. The molecule has 0 spiro atoms. The Hall–Kier alpha value is -0.730. The second kappa shape index (κ2) is 5.50. The van der Waals surface area contributed by atoms with Gasteiger partial charge in [-0.2, -0.15) is 0 Å². The summed E-state index contributed by atoms with van der Waals surface area (Å²) in [5.74, 6) is 1.43. The largest absolute Gasteiger partial charge is 0.496 e. The fourth-order valence-corrected chi connectivity index (χ4v) is 2.68. The highest BCUT2D eigenvalue weighted by molar-refractivity contribution is 6.31. The van der Waals surface area contributed by atoms with E-state index >= 15 is 0 Å². The molecule has 0 aliphatic carbocycles. The van der Waals surface area contributed by atoms with Crippen molar-refractivity contribution in [1.82, 2.24) is 0 Å². The molecule has 3 unspecified atom stereocenters. The van der Waals surface area contributed by atoms with Crippen LogP contribution >= 0.6 is 11.6 Å².